The van der Waals surface area contributed by atoms with E-state index in [1.165, 1.54) is 17.8 Å². The number of carbonyl (C=O) groups excluding carboxylic acids is 1. The number of amides is 1. The topological polar surface area (TPSA) is 46.4 Å². The fourth-order valence-corrected chi connectivity index (χ4v) is 4.00. The van der Waals surface area contributed by atoms with Crippen LogP contribution in [0.5, 0.6) is 0 Å². The fraction of sp³-hybridized carbons (Fsp3) is 0.182. The van der Waals surface area contributed by atoms with Gasteiger partial charge in [-0.05, 0) is 49.7 Å². The van der Waals surface area contributed by atoms with Crippen molar-refractivity contribution >= 4 is 35.5 Å². The second-order valence-electron chi connectivity index (χ2n) is 6.53. The van der Waals surface area contributed by atoms with Gasteiger partial charge < -0.3 is 4.57 Å². The number of hydrogen-bond acceptors (Lipinski definition) is 3. The molecule has 0 fully saturated rings. The Hall–Kier alpha value is -2.57. The van der Waals surface area contributed by atoms with Gasteiger partial charge in [-0.2, -0.15) is 5.10 Å². The first-order valence-corrected chi connectivity index (χ1v) is 10.6. The highest BCUT2D eigenvalue weighted by Gasteiger charge is 2.12. The minimum Gasteiger partial charge on any atom is -0.315 e. The van der Waals surface area contributed by atoms with Crippen LogP contribution in [0.3, 0.4) is 0 Å². The summed E-state index contributed by atoms with van der Waals surface area (Å²) < 4.78 is 16.0. The Morgan fingerprint density at radius 2 is 2.00 bits per heavy atom. The highest BCUT2D eigenvalue weighted by molar-refractivity contribution is 7.99. The molecule has 7 heteroatoms. The summed E-state index contributed by atoms with van der Waals surface area (Å²) in [4.78, 5) is 12.0. The van der Waals surface area contributed by atoms with Crippen molar-refractivity contribution < 1.29 is 9.18 Å². The lowest BCUT2D eigenvalue weighted by atomic mass is 10.2. The van der Waals surface area contributed by atoms with Crippen LogP contribution >= 0.6 is 23.4 Å². The number of aryl methyl sites for hydroxylation is 1. The Morgan fingerprint density at radius 3 is 2.76 bits per heavy atom. The molecule has 1 N–H and O–H groups in total. The van der Waals surface area contributed by atoms with Crippen molar-refractivity contribution in [3.63, 3.8) is 0 Å². The SMILES string of the molecule is Cc1cc(/C=N\NC(=O)CSCc2cccc(Cl)c2)c(C)n1-c1ccccc1F. The van der Waals surface area contributed by atoms with Gasteiger partial charge in [-0.15, -0.1) is 11.8 Å². The number of para-hydroxylation sites is 1. The molecule has 0 atom stereocenters. The van der Waals surface area contributed by atoms with Gasteiger partial charge in [0, 0.05) is 27.7 Å². The molecule has 4 nitrogen and oxygen atoms in total. The molecule has 0 aliphatic heterocycles. The van der Waals surface area contributed by atoms with Gasteiger partial charge in [0.25, 0.3) is 0 Å². The highest BCUT2D eigenvalue weighted by Crippen LogP contribution is 2.22. The second kappa shape index (κ2) is 9.76. The molecule has 0 aliphatic carbocycles. The molecule has 0 bridgehead atoms. The number of thioether (sulfide) groups is 1. The van der Waals surface area contributed by atoms with Gasteiger partial charge in [0.15, 0.2) is 0 Å². The van der Waals surface area contributed by atoms with Crippen LogP contribution < -0.4 is 5.43 Å². The predicted molar refractivity (Wildman–Crippen MR) is 119 cm³/mol. The standard InChI is InChI=1S/C22H21ClFN3OS/c1-15-10-18(16(2)27(15)21-9-4-3-8-20(21)24)12-25-26-22(28)14-29-13-17-6-5-7-19(23)11-17/h3-12H,13-14H2,1-2H3,(H,26,28)/b25-12-. The van der Waals surface area contributed by atoms with Crippen LogP contribution in [0.25, 0.3) is 5.69 Å². The maximum absolute atomic E-state index is 14.1. The summed E-state index contributed by atoms with van der Waals surface area (Å²) in [6.45, 7) is 3.80. The van der Waals surface area contributed by atoms with Crippen molar-refractivity contribution in [3.05, 3.63) is 88.0 Å². The quantitative estimate of drug-likeness (QED) is 0.410. The van der Waals surface area contributed by atoms with E-state index in [4.69, 9.17) is 11.6 Å². The van der Waals surface area contributed by atoms with Crippen molar-refractivity contribution in [2.75, 3.05) is 5.75 Å². The lowest BCUT2D eigenvalue weighted by Crippen LogP contribution is -2.19. The Labute approximate surface area is 178 Å². The molecular formula is C22H21ClFN3OS. The summed E-state index contributed by atoms with van der Waals surface area (Å²) in [5, 5.41) is 4.73. The van der Waals surface area contributed by atoms with Crippen LogP contribution in [0, 0.1) is 19.7 Å². The second-order valence-corrected chi connectivity index (χ2v) is 7.95. The number of hydrogen-bond donors (Lipinski definition) is 1. The summed E-state index contributed by atoms with van der Waals surface area (Å²) in [6.07, 6.45) is 1.58. The van der Waals surface area contributed by atoms with Crippen molar-refractivity contribution in [3.8, 4) is 5.69 Å². The van der Waals surface area contributed by atoms with Gasteiger partial charge in [0.2, 0.25) is 5.91 Å². The summed E-state index contributed by atoms with van der Waals surface area (Å²) >= 11 is 7.44. The average Bonchev–Trinajstić information content (AvgIpc) is 2.96. The van der Waals surface area contributed by atoms with Gasteiger partial charge in [0.1, 0.15) is 5.82 Å². The van der Waals surface area contributed by atoms with Crippen molar-refractivity contribution in [1.29, 1.82) is 0 Å². The molecule has 0 spiro atoms. The van der Waals surface area contributed by atoms with Gasteiger partial charge in [-0.1, -0.05) is 35.9 Å². The lowest BCUT2D eigenvalue weighted by Gasteiger charge is -2.10. The number of hydrazone groups is 1. The zero-order chi connectivity index (χ0) is 20.8. The smallest absolute Gasteiger partial charge is 0.250 e. The van der Waals surface area contributed by atoms with Crippen LogP contribution in [0.1, 0.15) is 22.5 Å². The van der Waals surface area contributed by atoms with Crippen LogP contribution in [-0.4, -0.2) is 22.4 Å². The minimum atomic E-state index is -0.289. The van der Waals surface area contributed by atoms with Crippen molar-refractivity contribution in [2.45, 2.75) is 19.6 Å². The van der Waals surface area contributed by atoms with Crippen LogP contribution in [0.2, 0.25) is 5.02 Å². The molecule has 150 valence electrons. The summed E-state index contributed by atoms with van der Waals surface area (Å²) in [5.74, 6) is 0.513. The van der Waals surface area contributed by atoms with Crippen molar-refractivity contribution in [1.82, 2.24) is 9.99 Å². The maximum Gasteiger partial charge on any atom is 0.250 e. The molecule has 0 radical (unpaired) electrons. The number of rotatable bonds is 7. The van der Waals surface area contributed by atoms with Crippen molar-refractivity contribution in [2.24, 2.45) is 5.10 Å². The number of aromatic nitrogens is 1. The van der Waals surface area contributed by atoms with E-state index in [0.717, 1.165) is 22.5 Å². The molecule has 1 heterocycles. The number of carbonyl (C=O) groups is 1. The third kappa shape index (κ3) is 5.49. The molecule has 0 unspecified atom stereocenters. The fourth-order valence-electron chi connectivity index (χ4n) is 3.02. The molecule has 1 aromatic heterocycles. The Morgan fingerprint density at radius 1 is 1.21 bits per heavy atom. The van der Waals surface area contributed by atoms with Gasteiger partial charge >= 0.3 is 0 Å². The van der Waals surface area contributed by atoms with E-state index < -0.39 is 0 Å². The first kappa shape index (κ1) is 21.1. The molecule has 0 saturated heterocycles. The lowest BCUT2D eigenvalue weighted by molar-refractivity contribution is -0.118. The molecule has 3 rings (SSSR count). The first-order valence-electron chi connectivity index (χ1n) is 9.03. The zero-order valence-corrected chi connectivity index (χ0v) is 17.7. The van der Waals surface area contributed by atoms with E-state index in [0.29, 0.717) is 16.5 Å². The Bertz CT molecular complexity index is 1050. The molecular weight excluding hydrogens is 409 g/mol. The van der Waals surface area contributed by atoms with Gasteiger partial charge in [-0.3, -0.25) is 4.79 Å². The third-order valence-electron chi connectivity index (χ3n) is 4.35. The van der Waals surface area contributed by atoms with E-state index in [-0.39, 0.29) is 17.5 Å². The molecule has 3 aromatic rings. The van der Waals surface area contributed by atoms with E-state index in [1.807, 2.05) is 48.7 Å². The molecule has 0 aliphatic rings. The summed E-state index contributed by atoms with van der Waals surface area (Å²) in [6, 6.07) is 16.1. The molecule has 2 aromatic carbocycles. The van der Waals surface area contributed by atoms with Crippen LogP contribution in [0.4, 0.5) is 4.39 Å². The Kier molecular flexibility index (Phi) is 7.12. The van der Waals surface area contributed by atoms with Gasteiger partial charge in [0.05, 0.1) is 17.7 Å². The van der Waals surface area contributed by atoms with Gasteiger partial charge in [-0.25, -0.2) is 9.82 Å². The van der Waals surface area contributed by atoms with Crippen LogP contribution in [0.15, 0.2) is 59.7 Å². The number of halogens is 2. The zero-order valence-electron chi connectivity index (χ0n) is 16.2. The summed E-state index contributed by atoms with van der Waals surface area (Å²) in [7, 11) is 0. The number of nitrogens with one attached hydrogen (secondary N) is 1. The van der Waals surface area contributed by atoms with E-state index in [2.05, 4.69) is 10.5 Å². The van der Waals surface area contributed by atoms with Crippen LogP contribution in [-0.2, 0) is 10.5 Å². The molecule has 29 heavy (non-hydrogen) atoms. The Balaban J connectivity index is 1.57. The van der Waals surface area contributed by atoms with E-state index in [9.17, 15) is 9.18 Å². The van der Waals surface area contributed by atoms with E-state index in [1.54, 1.807) is 24.4 Å². The predicted octanol–water partition coefficient (Wildman–Crippen LogP) is 5.27. The summed E-state index contributed by atoms with van der Waals surface area (Å²) in [5.41, 5.74) is 6.65. The average molecular weight is 430 g/mol. The number of benzene rings is 2. The molecule has 0 saturated carbocycles. The monoisotopic (exact) mass is 429 g/mol. The van der Waals surface area contributed by atoms with E-state index >= 15 is 0 Å². The molecule has 1 amide bonds. The minimum absolute atomic E-state index is 0.184. The largest absolute Gasteiger partial charge is 0.315 e. The third-order valence-corrected chi connectivity index (χ3v) is 5.59. The normalized spacial score (nSPS) is 11.2. The number of nitrogens with zero attached hydrogens (tertiary/aromatic N) is 2. The highest BCUT2D eigenvalue weighted by atomic mass is 35.5. The first-order chi connectivity index (χ1) is 14.0. The maximum atomic E-state index is 14.1.